The van der Waals surface area contributed by atoms with Crippen LogP contribution >= 0.6 is 0 Å². The fourth-order valence-corrected chi connectivity index (χ4v) is 1.46. The van der Waals surface area contributed by atoms with Crippen molar-refractivity contribution in [2.24, 2.45) is 0 Å². The van der Waals surface area contributed by atoms with E-state index in [2.05, 4.69) is 0 Å². The first-order valence-corrected chi connectivity index (χ1v) is 5.09. The normalized spacial score (nSPS) is 10.9. The summed E-state index contributed by atoms with van der Waals surface area (Å²) in [6, 6.07) is 4.93. The lowest BCUT2D eigenvalue weighted by Gasteiger charge is -2.09. The van der Waals surface area contributed by atoms with Gasteiger partial charge < -0.3 is 9.47 Å². The van der Waals surface area contributed by atoms with Crippen LogP contribution in [-0.4, -0.2) is 24.9 Å². The van der Waals surface area contributed by atoms with Gasteiger partial charge in [-0.15, -0.1) is 0 Å². The van der Waals surface area contributed by atoms with Crippen molar-refractivity contribution in [3.05, 3.63) is 39.6 Å². The van der Waals surface area contributed by atoms with Crippen molar-refractivity contribution in [3.63, 3.8) is 0 Å². The number of rotatable bonds is 5. The maximum absolute atomic E-state index is 11.2. The molecule has 96 valence electrons. The van der Waals surface area contributed by atoms with Gasteiger partial charge in [-0.1, -0.05) is 12.1 Å². The van der Waals surface area contributed by atoms with Crippen molar-refractivity contribution < 1.29 is 19.2 Å². The summed E-state index contributed by atoms with van der Waals surface area (Å²) in [7, 11) is 2.89. The monoisotopic (exact) mass is 251 g/mol. The Bertz CT molecular complexity index is 491. The largest absolute Gasteiger partial charge is 0.493 e. The molecule has 18 heavy (non-hydrogen) atoms. The third-order valence-corrected chi connectivity index (χ3v) is 2.28. The minimum atomic E-state index is -0.721. The van der Waals surface area contributed by atoms with E-state index in [0.29, 0.717) is 17.1 Å². The van der Waals surface area contributed by atoms with Gasteiger partial charge in [0.2, 0.25) is 5.78 Å². The third kappa shape index (κ3) is 2.85. The Kier molecular flexibility index (Phi) is 4.42. The zero-order chi connectivity index (χ0) is 13.7. The summed E-state index contributed by atoms with van der Waals surface area (Å²) in [4.78, 5) is 21.2. The van der Waals surface area contributed by atoms with E-state index in [0.717, 1.165) is 6.92 Å². The van der Waals surface area contributed by atoms with Crippen molar-refractivity contribution in [2.45, 2.75) is 6.92 Å². The first kappa shape index (κ1) is 13.7. The molecule has 0 bridgehead atoms. The Hall–Kier alpha value is -2.37. The van der Waals surface area contributed by atoms with Crippen LogP contribution in [0, 0.1) is 10.1 Å². The lowest BCUT2D eigenvalue weighted by molar-refractivity contribution is -0.417. The molecule has 0 aliphatic heterocycles. The van der Waals surface area contributed by atoms with Crippen LogP contribution < -0.4 is 9.47 Å². The molecule has 0 radical (unpaired) electrons. The molecular formula is C12H13NO5. The van der Waals surface area contributed by atoms with Crippen LogP contribution in [0.15, 0.2) is 23.9 Å². The van der Waals surface area contributed by atoms with Gasteiger partial charge >= 0.3 is 5.70 Å². The van der Waals surface area contributed by atoms with Gasteiger partial charge in [-0.2, -0.15) is 0 Å². The second-order valence-corrected chi connectivity index (χ2v) is 3.43. The average Bonchev–Trinajstić information content (AvgIpc) is 2.34. The molecular weight excluding hydrogens is 238 g/mol. The summed E-state index contributed by atoms with van der Waals surface area (Å²) in [6.07, 6.45) is 1.17. The van der Waals surface area contributed by atoms with Gasteiger partial charge in [0.15, 0.2) is 11.5 Å². The quantitative estimate of drug-likeness (QED) is 0.453. The van der Waals surface area contributed by atoms with Gasteiger partial charge in [0.1, 0.15) is 0 Å². The maximum Gasteiger partial charge on any atom is 0.312 e. The molecule has 0 N–H and O–H groups in total. The minimum absolute atomic E-state index is 0.348. The molecule has 0 atom stereocenters. The SMILES string of the molecule is COc1cccc(/C=C(\C(C)=O)[N+](=O)[O-])c1OC. The van der Waals surface area contributed by atoms with Crippen molar-refractivity contribution in [1.29, 1.82) is 0 Å². The number of para-hydroxylation sites is 1. The van der Waals surface area contributed by atoms with Crippen LogP contribution in [0.5, 0.6) is 11.5 Å². The highest BCUT2D eigenvalue weighted by molar-refractivity contribution is 5.95. The molecule has 0 saturated heterocycles. The zero-order valence-electron chi connectivity index (χ0n) is 10.3. The fourth-order valence-electron chi connectivity index (χ4n) is 1.46. The standard InChI is InChI=1S/C12H13NO5/c1-8(14)10(13(15)16)7-9-5-4-6-11(17-2)12(9)18-3/h4-7H,1-3H3/b10-7+. The topological polar surface area (TPSA) is 78.7 Å². The maximum atomic E-state index is 11.2. The Balaban J connectivity index is 3.37. The number of ether oxygens (including phenoxy) is 2. The first-order valence-electron chi connectivity index (χ1n) is 5.09. The van der Waals surface area contributed by atoms with Crippen LogP contribution in [0.3, 0.4) is 0 Å². The summed E-state index contributed by atoms with van der Waals surface area (Å²) in [6.45, 7) is 1.14. The highest BCUT2D eigenvalue weighted by atomic mass is 16.6. The Morgan fingerprint density at radius 3 is 2.44 bits per heavy atom. The van der Waals surface area contributed by atoms with Crippen molar-refractivity contribution >= 4 is 11.9 Å². The van der Waals surface area contributed by atoms with E-state index in [4.69, 9.17) is 9.47 Å². The molecule has 0 spiro atoms. The number of carbonyl (C=O) groups excluding carboxylic acids is 1. The number of allylic oxidation sites excluding steroid dienone is 1. The number of ketones is 1. The van der Waals surface area contributed by atoms with E-state index in [9.17, 15) is 14.9 Å². The van der Waals surface area contributed by atoms with E-state index in [1.54, 1.807) is 18.2 Å². The molecule has 0 unspecified atom stereocenters. The lowest BCUT2D eigenvalue weighted by Crippen LogP contribution is -2.07. The van der Waals surface area contributed by atoms with E-state index in [-0.39, 0.29) is 0 Å². The number of Topliss-reactive ketones (excluding diaryl/α,β-unsaturated/α-hetero) is 1. The van der Waals surface area contributed by atoms with Gasteiger partial charge in [0, 0.05) is 18.6 Å². The predicted octanol–water partition coefficient (Wildman–Crippen LogP) is 1.91. The number of nitro groups is 1. The zero-order valence-corrected chi connectivity index (χ0v) is 10.3. The Morgan fingerprint density at radius 1 is 1.33 bits per heavy atom. The van der Waals surface area contributed by atoms with Gasteiger partial charge in [-0.3, -0.25) is 14.9 Å². The smallest absolute Gasteiger partial charge is 0.312 e. The highest BCUT2D eigenvalue weighted by Gasteiger charge is 2.19. The second kappa shape index (κ2) is 5.81. The molecule has 1 aromatic rings. The van der Waals surface area contributed by atoms with Gasteiger partial charge in [-0.25, -0.2) is 0 Å². The van der Waals surface area contributed by atoms with E-state index >= 15 is 0 Å². The molecule has 6 nitrogen and oxygen atoms in total. The summed E-state index contributed by atoms with van der Waals surface area (Å²) in [5, 5.41) is 10.7. The number of hydrogen-bond donors (Lipinski definition) is 0. The summed E-state index contributed by atoms with van der Waals surface area (Å²) in [5.74, 6) is 0.169. The van der Waals surface area contributed by atoms with Crippen LogP contribution in [0.1, 0.15) is 12.5 Å². The van der Waals surface area contributed by atoms with E-state index in [1.807, 2.05) is 0 Å². The second-order valence-electron chi connectivity index (χ2n) is 3.43. The van der Waals surface area contributed by atoms with Crippen LogP contribution in [0.2, 0.25) is 0 Å². The highest BCUT2D eigenvalue weighted by Crippen LogP contribution is 2.32. The molecule has 0 fully saturated rings. The average molecular weight is 251 g/mol. The Labute approximate surface area is 104 Å². The summed E-state index contributed by atoms with van der Waals surface area (Å²) >= 11 is 0. The molecule has 1 aromatic carbocycles. The number of methoxy groups -OCH3 is 2. The number of benzene rings is 1. The molecule has 0 aliphatic rings. The van der Waals surface area contributed by atoms with Crippen molar-refractivity contribution in [1.82, 2.24) is 0 Å². The number of hydrogen-bond acceptors (Lipinski definition) is 5. The van der Waals surface area contributed by atoms with Crippen LogP contribution in [0.25, 0.3) is 6.08 Å². The van der Waals surface area contributed by atoms with Gasteiger partial charge in [-0.05, 0) is 6.07 Å². The molecule has 0 amide bonds. The van der Waals surface area contributed by atoms with E-state index < -0.39 is 16.4 Å². The number of carbonyl (C=O) groups is 1. The lowest BCUT2D eigenvalue weighted by atomic mass is 10.1. The molecule has 0 saturated carbocycles. The van der Waals surface area contributed by atoms with Crippen LogP contribution in [0.4, 0.5) is 0 Å². The molecule has 6 heteroatoms. The third-order valence-electron chi connectivity index (χ3n) is 2.28. The van der Waals surface area contributed by atoms with Crippen molar-refractivity contribution in [3.8, 4) is 11.5 Å². The molecule has 0 heterocycles. The molecule has 0 aliphatic carbocycles. The number of nitrogens with zero attached hydrogens (tertiary/aromatic N) is 1. The van der Waals surface area contributed by atoms with Crippen molar-refractivity contribution in [2.75, 3.05) is 14.2 Å². The summed E-state index contributed by atoms with van der Waals surface area (Å²) in [5.41, 5.74) is -0.0831. The minimum Gasteiger partial charge on any atom is -0.493 e. The molecule has 1 rings (SSSR count). The first-order chi connectivity index (χ1) is 8.51. The van der Waals surface area contributed by atoms with Crippen LogP contribution in [-0.2, 0) is 4.79 Å². The van der Waals surface area contributed by atoms with Gasteiger partial charge in [0.05, 0.1) is 19.1 Å². The predicted molar refractivity (Wildman–Crippen MR) is 65.2 cm³/mol. The Morgan fingerprint density at radius 2 is 2.00 bits per heavy atom. The van der Waals surface area contributed by atoms with Gasteiger partial charge in [0.25, 0.3) is 0 Å². The van der Waals surface area contributed by atoms with E-state index in [1.165, 1.54) is 20.3 Å². The fraction of sp³-hybridized carbons (Fsp3) is 0.250. The molecule has 0 aromatic heterocycles. The summed E-state index contributed by atoms with van der Waals surface area (Å²) < 4.78 is 10.2.